The van der Waals surface area contributed by atoms with E-state index in [1.165, 1.54) is 5.56 Å². The molecule has 0 saturated carbocycles. The molecule has 2 aromatic carbocycles. The highest BCUT2D eigenvalue weighted by Gasteiger charge is 2.12. The average Bonchev–Trinajstić information content (AvgIpc) is 2.40. The van der Waals surface area contributed by atoms with Crippen molar-refractivity contribution in [2.75, 3.05) is 0 Å². The van der Waals surface area contributed by atoms with Crippen molar-refractivity contribution in [3.8, 4) is 11.5 Å². The Bertz CT molecular complexity index is 675. The number of Topliss-reactive ketones (excluding diaryl/α,β-unsaturated/α-hetero) is 1. The summed E-state index contributed by atoms with van der Waals surface area (Å²) in [6.07, 6.45) is 0. The van der Waals surface area contributed by atoms with E-state index in [0.29, 0.717) is 17.2 Å². The number of halogens is 1. The summed E-state index contributed by atoms with van der Waals surface area (Å²) in [5, 5.41) is 0. The van der Waals surface area contributed by atoms with Gasteiger partial charge in [-0.05, 0) is 71.1 Å². The van der Waals surface area contributed by atoms with Crippen molar-refractivity contribution in [1.29, 1.82) is 0 Å². The smallest absolute Gasteiger partial charge is 0.159 e. The van der Waals surface area contributed by atoms with Crippen molar-refractivity contribution >= 4 is 21.7 Å². The van der Waals surface area contributed by atoms with E-state index >= 15 is 0 Å². The molecule has 0 amide bonds. The number of rotatable bonds is 4. The lowest BCUT2D eigenvalue weighted by molar-refractivity contribution is 0.101. The third kappa shape index (κ3) is 3.73. The fraction of sp³-hybridized carbons (Fsp3) is 0.278. The van der Waals surface area contributed by atoms with Gasteiger partial charge in [-0.25, -0.2) is 0 Å². The fourth-order valence-electron chi connectivity index (χ4n) is 2.13. The lowest BCUT2D eigenvalue weighted by Gasteiger charge is -2.15. The van der Waals surface area contributed by atoms with Crippen molar-refractivity contribution in [2.45, 2.75) is 33.6 Å². The number of hydrogen-bond donors (Lipinski definition) is 0. The van der Waals surface area contributed by atoms with E-state index in [0.717, 1.165) is 15.8 Å². The van der Waals surface area contributed by atoms with E-state index in [4.69, 9.17) is 4.74 Å². The zero-order chi connectivity index (χ0) is 15.6. The fourth-order valence-corrected chi connectivity index (χ4v) is 2.59. The van der Waals surface area contributed by atoms with Gasteiger partial charge in [0.05, 0.1) is 4.47 Å². The van der Waals surface area contributed by atoms with Crippen LogP contribution in [0.1, 0.15) is 48.2 Å². The third-order valence-corrected chi connectivity index (χ3v) is 3.97. The molecule has 0 aliphatic carbocycles. The van der Waals surface area contributed by atoms with Crippen LogP contribution in [0.3, 0.4) is 0 Å². The van der Waals surface area contributed by atoms with E-state index < -0.39 is 0 Å². The van der Waals surface area contributed by atoms with E-state index in [9.17, 15) is 4.79 Å². The Morgan fingerprint density at radius 1 is 1.10 bits per heavy atom. The largest absolute Gasteiger partial charge is 0.456 e. The first-order chi connectivity index (χ1) is 9.88. The average molecular weight is 347 g/mol. The second kappa shape index (κ2) is 6.44. The van der Waals surface area contributed by atoms with Crippen molar-refractivity contribution in [2.24, 2.45) is 0 Å². The summed E-state index contributed by atoms with van der Waals surface area (Å²) in [7, 11) is 0. The molecule has 0 fully saturated rings. The number of carbonyl (C=O) groups excluding carboxylic acids is 1. The minimum atomic E-state index is 0.0423. The molecule has 2 nitrogen and oxygen atoms in total. The van der Waals surface area contributed by atoms with E-state index in [1.807, 2.05) is 19.1 Å². The summed E-state index contributed by atoms with van der Waals surface area (Å²) in [6.45, 7) is 7.89. The summed E-state index contributed by atoms with van der Waals surface area (Å²) in [5.74, 6) is 2.00. The zero-order valence-electron chi connectivity index (χ0n) is 12.7. The molecule has 0 bridgehead atoms. The van der Waals surface area contributed by atoms with Gasteiger partial charge in [-0.15, -0.1) is 0 Å². The van der Waals surface area contributed by atoms with Gasteiger partial charge in [0, 0.05) is 5.56 Å². The van der Waals surface area contributed by atoms with Crippen LogP contribution in [0.5, 0.6) is 11.5 Å². The van der Waals surface area contributed by atoms with Gasteiger partial charge in [-0.3, -0.25) is 4.79 Å². The molecular formula is C18H19BrO2. The number of hydrogen-bond acceptors (Lipinski definition) is 2. The third-order valence-electron chi connectivity index (χ3n) is 3.35. The molecule has 0 N–H and O–H groups in total. The zero-order valence-corrected chi connectivity index (χ0v) is 14.3. The highest BCUT2D eigenvalue weighted by atomic mass is 79.9. The maximum Gasteiger partial charge on any atom is 0.159 e. The Morgan fingerprint density at radius 3 is 2.38 bits per heavy atom. The highest BCUT2D eigenvalue weighted by molar-refractivity contribution is 9.10. The number of carbonyl (C=O) groups is 1. The van der Waals surface area contributed by atoms with Crippen molar-refractivity contribution < 1.29 is 9.53 Å². The maximum absolute atomic E-state index is 11.4. The van der Waals surface area contributed by atoms with Crippen LogP contribution in [0.15, 0.2) is 40.9 Å². The maximum atomic E-state index is 11.4. The van der Waals surface area contributed by atoms with Gasteiger partial charge in [0.1, 0.15) is 11.5 Å². The SMILES string of the molecule is CC(=O)c1ccc(Oc2cc(C)ccc2C(C)C)c(Br)c1. The Kier molecular flexibility index (Phi) is 4.84. The van der Waals surface area contributed by atoms with Crippen LogP contribution in [0, 0.1) is 6.92 Å². The first-order valence-corrected chi connectivity index (χ1v) is 7.76. The standard InChI is InChI=1S/C18H19BrO2/c1-11(2)15-7-5-12(3)9-18(15)21-17-8-6-14(13(4)20)10-16(17)19/h5-11H,1-4H3. The van der Waals surface area contributed by atoms with E-state index in [-0.39, 0.29) is 5.78 Å². The highest BCUT2D eigenvalue weighted by Crippen LogP contribution is 2.35. The Balaban J connectivity index is 2.38. The molecule has 0 aromatic heterocycles. The second-order valence-corrected chi connectivity index (χ2v) is 6.35. The van der Waals surface area contributed by atoms with Crippen LogP contribution in [0.25, 0.3) is 0 Å². The van der Waals surface area contributed by atoms with Crippen molar-refractivity contribution in [3.05, 3.63) is 57.6 Å². The van der Waals surface area contributed by atoms with Gasteiger partial charge in [-0.2, -0.15) is 0 Å². The van der Waals surface area contributed by atoms with Crippen LogP contribution in [-0.4, -0.2) is 5.78 Å². The molecule has 0 aliphatic heterocycles. The normalized spacial score (nSPS) is 10.8. The molecule has 0 unspecified atom stereocenters. The number of ketones is 1. The molecule has 2 rings (SSSR count). The molecule has 0 spiro atoms. The summed E-state index contributed by atoms with van der Waals surface area (Å²) in [5.41, 5.74) is 3.00. The van der Waals surface area contributed by atoms with Crippen molar-refractivity contribution in [1.82, 2.24) is 0 Å². The lowest BCUT2D eigenvalue weighted by atomic mass is 10.0. The summed E-state index contributed by atoms with van der Waals surface area (Å²) in [4.78, 5) is 11.4. The Labute approximate surface area is 134 Å². The van der Waals surface area contributed by atoms with Crippen molar-refractivity contribution in [3.63, 3.8) is 0 Å². The summed E-state index contributed by atoms with van der Waals surface area (Å²) in [6, 6.07) is 11.6. The predicted molar refractivity (Wildman–Crippen MR) is 89.5 cm³/mol. The monoisotopic (exact) mass is 346 g/mol. The van der Waals surface area contributed by atoms with Crippen LogP contribution < -0.4 is 4.74 Å². The molecular weight excluding hydrogens is 328 g/mol. The van der Waals surface area contributed by atoms with Crippen LogP contribution in [0.4, 0.5) is 0 Å². The molecule has 21 heavy (non-hydrogen) atoms. The van der Waals surface area contributed by atoms with Gasteiger partial charge in [0.15, 0.2) is 5.78 Å². The minimum absolute atomic E-state index is 0.0423. The first kappa shape index (κ1) is 15.8. The molecule has 0 heterocycles. The minimum Gasteiger partial charge on any atom is -0.456 e. The molecule has 0 aliphatic rings. The molecule has 2 aromatic rings. The molecule has 0 radical (unpaired) electrons. The topological polar surface area (TPSA) is 26.3 Å². The lowest BCUT2D eigenvalue weighted by Crippen LogP contribution is -1.97. The number of ether oxygens (including phenoxy) is 1. The quantitative estimate of drug-likeness (QED) is 0.646. The first-order valence-electron chi connectivity index (χ1n) is 6.97. The number of benzene rings is 2. The van der Waals surface area contributed by atoms with Crippen LogP contribution >= 0.6 is 15.9 Å². The second-order valence-electron chi connectivity index (χ2n) is 5.50. The van der Waals surface area contributed by atoms with Gasteiger partial charge in [0.2, 0.25) is 0 Å². The summed E-state index contributed by atoms with van der Waals surface area (Å²) < 4.78 is 6.84. The Morgan fingerprint density at radius 2 is 1.81 bits per heavy atom. The van der Waals surface area contributed by atoms with Gasteiger partial charge in [0.25, 0.3) is 0 Å². The van der Waals surface area contributed by atoms with Crippen LogP contribution in [0.2, 0.25) is 0 Å². The van der Waals surface area contributed by atoms with Gasteiger partial charge in [-0.1, -0.05) is 26.0 Å². The Hall–Kier alpha value is -1.61. The van der Waals surface area contributed by atoms with Gasteiger partial charge >= 0.3 is 0 Å². The number of aryl methyl sites for hydroxylation is 1. The molecule has 110 valence electrons. The molecule has 0 atom stereocenters. The van der Waals surface area contributed by atoms with Crippen LogP contribution in [-0.2, 0) is 0 Å². The molecule has 3 heteroatoms. The molecule has 0 saturated heterocycles. The van der Waals surface area contributed by atoms with Gasteiger partial charge < -0.3 is 4.74 Å². The van der Waals surface area contributed by atoms with E-state index in [2.05, 4.69) is 41.9 Å². The predicted octanol–water partition coefficient (Wildman–Crippen LogP) is 5.88. The summed E-state index contributed by atoms with van der Waals surface area (Å²) >= 11 is 3.48. The van der Waals surface area contributed by atoms with E-state index in [1.54, 1.807) is 19.1 Å².